The number of hydrogen-bond donors (Lipinski definition) is 0. The van der Waals surface area contributed by atoms with Crippen LogP contribution >= 0.6 is 11.3 Å². The molecule has 4 heterocycles. The fourth-order valence-electron chi connectivity index (χ4n) is 3.55. The van der Waals surface area contributed by atoms with Crippen LogP contribution in [-0.4, -0.2) is 76.7 Å². The van der Waals surface area contributed by atoms with Gasteiger partial charge < -0.3 is 19.1 Å². The van der Waals surface area contributed by atoms with Gasteiger partial charge in [0.05, 0.1) is 4.88 Å². The van der Waals surface area contributed by atoms with Crippen molar-refractivity contribution in [3.05, 3.63) is 29.0 Å². The van der Waals surface area contributed by atoms with Crippen molar-refractivity contribution in [2.75, 3.05) is 39.3 Å². The monoisotopic (exact) mass is 402 g/mol. The van der Waals surface area contributed by atoms with Gasteiger partial charge in [-0.3, -0.25) is 14.4 Å². The Labute approximate surface area is 166 Å². The van der Waals surface area contributed by atoms with E-state index >= 15 is 0 Å². The molecule has 2 saturated heterocycles. The van der Waals surface area contributed by atoms with Gasteiger partial charge in [-0.1, -0.05) is 6.07 Å². The summed E-state index contributed by atoms with van der Waals surface area (Å²) in [5.74, 6) is -0.171. The van der Waals surface area contributed by atoms with Crippen molar-refractivity contribution in [1.29, 1.82) is 0 Å². The summed E-state index contributed by atoms with van der Waals surface area (Å²) in [7, 11) is 0. The number of carbonyl (C=O) groups is 3. The van der Waals surface area contributed by atoms with Crippen molar-refractivity contribution < 1.29 is 18.8 Å². The first kappa shape index (κ1) is 18.7. The Morgan fingerprint density at radius 3 is 2.18 bits per heavy atom. The van der Waals surface area contributed by atoms with Crippen LogP contribution in [0.2, 0.25) is 0 Å². The third kappa shape index (κ3) is 3.54. The average Bonchev–Trinajstić information content (AvgIpc) is 3.47. The zero-order valence-electron chi connectivity index (χ0n) is 15.7. The maximum absolute atomic E-state index is 12.9. The third-order valence-corrected chi connectivity index (χ3v) is 6.02. The third-order valence-electron chi connectivity index (χ3n) is 5.16. The molecule has 148 valence electrons. The fraction of sp³-hybridized carbons (Fsp3) is 0.474. The average molecular weight is 402 g/mol. The van der Waals surface area contributed by atoms with E-state index in [0.717, 1.165) is 17.7 Å². The molecule has 0 bridgehead atoms. The van der Waals surface area contributed by atoms with Crippen molar-refractivity contribution in [2.45, 2.75) is 19.8 Å². The molecule has 28 heavy (non-hydrogen) atoms. The Bertz CT molecular complexity index is 878. The molecule has 2 aliphatic heterocycles. The van der Waals surface area contributed by atoms with Gasteiger partial charge in [0.25, 0.3) is 5.91 Å². The molecule has 0 atom stereocenters. The summed E-state index contributed by atoms with van der Waals surface area (Å²) in [5.41, 5.74) is 0.302. The van der Waals surface area contributed by atoms with Gasteiger partial charge in [-0.15, -0.1) is 11.3 Å². The standard InChI is InChI=1S/C19H22N4O4S/c1-13-15(20-16(27-13)14-5-4-12-28-14)17(24)22-8-10-23(11-9-22)19(26)18(25)21-6-2-3-7-21/h4-5,12H,2-3,6-11H2,1H3. The fourth-order valence-corrected chi connectivity index (χ4v) is 4.20. The van der Waals surface area contributed by atoms with Crippen LogP contribution in [0.1, 0.15) is 29.1 Å². The number of rotatable bonds is 2. The number of aromatic nitrogens is 1. The number of aryl methyl sites for hydroxylation is 1. The van der Waals surface area contributed by atoms with Crippen LogP contribution in [-0.2, 0) is 9.59 Å². The van der Waals surface area contributed by atoms with E-state index in [0.29, 0.717) is 56.6 Å². The van der Waals surface area contributed by atoms with Gasteiger partial charge in [-0.25, -0.2) is 4.98 Å². The number of likely N-dealkylation sites (tertiary alicyclic amines) is 1. The topological polar surface area (TPSA) is 87.0 Å². The van der Waals surface area contributed by atoms with Gasteiger partial charge in [0.2, 0.25) is 5.89 Å². The Morgan fingerprint density at radius 1 is 0.964 bits per heavy atom. The molecule has 0 aliphatic carbocycles. The van der Waals surface area contributed by atoms with E-state index in [-0.39, 0.29) is 5.91 Å². The molecular weight excluding hydrogens is 380 g/mol. The van der Waals surface area contributed by atoms with Crippen LogP contribution < -0.4 is 0 Å². The Morgan fingerprint density at radius 2 is 1.57 bits per heavy atom. The molecule has 0 radical (unpaired) electrons. The SMILES string of the molecule is Cc1oc(-c2cccs2)nc1C(=O)N1CCN(C(=O)C(=O)N2CCCC2)CC1. The Kier molecular flexibility index (Phi) is 5.17. The van der Waals surface area contributed by atoms with Gasteiger partial charge in [0, 0.05) is 39.3 Å². The van der Waals surface area contributed by atoms with Gasteiger partial charge in [-0.05, 0) is 31.2 Å². The first-order valence-electron chi connectivity index (χ1n) is 9.43. The molecule has 0 saturated carbocycles. The predicted octanol–water partition coefficient (Wildman–Crippen LogP) is 1.62. The van der Waals surface area contributed by atoms with E-state index in [9.17, 15) is 14.4 Å². The second kappa shape index (κ2) is 7.75. The number of nitrogens with zero attached hydrogens (tertiary/aromatic N) is 4. The van der Waals surface area contributed by atoms with Crippen LogP contribution in [0.25, 0.3) is 10.8 Å². The molecule has 2 aromatic heterocycles. The Hall–Kier alpha value is -2.68. The van der Waals surface area contributed by atoms with E-state index in [1.807, 2.05) is 17.5 Å². The van der Waals surface area contributed by atoms with Crippen LogP contribution in [0.15, 0.2) is 21.9 Å². The molecule has 0 N–H and O–H groups in total. The number of hydrogen-bond acceptors (Lipinski definition) is 6. The minimum absolute atomic E-state index is 0.206. The lowest BCUT2D eigenvalue weighted by atomic mass is 10.2. The highest BCUT2D eigenvalue weighted by Crippen LogP contribution is 2.26. The molecular formula is C19H22N4O4S. The Balaban J connectivity index is 1.38. The molecule has 3 amide bonds. The van der Waals surface area contributed by atoms with Crippen molar-refractivity contribution in [3.63, 3.8) is 0 Å². The molecule has 0 unspecified atom stereocenters. The molecule has 0 spiro atoms. The predicted molar refractivity (Wildman–Crippen MR) is 103 cm³/mol. The van der Waals surface area contributed by atoms with Gasteiger partial charge in [-0.2, -0.15) is 0 Å². The van der Waals surface area contributed by atoms with Gasteiger partial charge in [0.1, 0.15) is 5.76 Å². The highest BCUT2D eigenvalue weighted by atomic mass is 32.1. The first-order chi connectivity index (χ1) is 13.5. The van der Waals surface area contributed by atoms with Crippen LogP contribution in [0.3, 0.4) is 0 Å². The van der Waals surface area contributed by atoms with E-state index in [4.69, 9.17) is 4.42 Å². The summed E-state index contributed by atoms with van der Waals surface area (Å²) in [6.45, 7) is 4.47. The quantitative estimate of drug-likeness (QED) is 0.713. The smallest absolute Gasteiger partial charge is 0.312 e. The van der Waals surface area contributed by atoms with Gasteiger partial charge in [0.15, 0.2) is 5.69 Å². The summed E-state index contributed by atoms with van der Waals surface area (Å²) in [5, 5.41) is 1.93. The summed E-state index contributed by atoms with van der Waals surface area (Å²) in [6.07, 6.45) is 1.90. The van der Waals surface area contributed by atoms with E-state index in [2.05, 4.69) is 4.98 Å². The largest absolute Gasteiger partial charge is 0.440 e. The lowest BCUT2D eigenvalue weighted by Crippen LogP contribution is -2.54. The van der Waals surface area contributed by atoms with E-state index in [1.165, 1.54) is 16.2 Å². The molecule has 4 rings (SSSR count). The molecule has 8 nitrogen and oxygen atoms in total. The normalized spacial score (nSPS) is 17.2. The van der Waals surface area contributed by atoms with Crippen molar-refractivity contribution in [1.82, 2.24) is 19.7 Å². The molecule has 0 aromatic carbocycles. The van der Waals surface area contributed by atoms with Crippen molar-refractivity contribution in [3.8, 4) is 10.8 Å². The number of carbonyl (C=O) groups excluding carboxylic acids is 3. The summed E-state index contributed by atoms with van der Waals surface area (Å²) in [4.78, 5) is 47.6. The molecule has 2 aliphatic rings. The number of oxazole rings is 1. The summed E-state index contributed by atoms with van der Waals surface area (Å²) in [6, 6.07) is 3.80. The summed E-state index contributed by atoms with van der Waals surface area (Å²) >= 11 is 1.50. The molecule has 2 aromatic rings. The highest BCUT2D eigenvalue weighted by molar-refractivity contribution is 7.13. The lowest BCUT2D eigenvalue weighted by molar-refractivity contribution is -0.152. The van der Waals surface area contributed by atoms with Crippen molar-refractivity contribution >= 4 is 29.1 Å². The van der Waals surface area contributed by atoms with Crippen molar-refractivity contribution in [2.24, 2.45) is 0 Å². The lowest BCUT2D eigenvalue weighted by Gasteiger charge is -2.34. The van der Waals surface area contributed by atoms with Crippen LogP contribution in [0.5, 0.6) is 0 Å². The minimum atomic E-state index is -0.466. The van der Waals surface area contributed by atoms with Gasteiger partial charge >= 0.3 is 11.8 Å². The highest BCUT2D eigenvalue weighted by Gasteiger charge is 2.33. The van der Waals surface area contributed by atoms with Crippen LogP contribution in [0, 0.1) is 6.92 Å². The summed E-state index contributed by atoms with van der Waals surface area (Å²) < 4.78 is 5.66. The maximum atomic E-state index is 12.9. The number of thiophene rings is 1. The minimum Gasteiger partial charge on any atom is -0.440 e. The molecule has 9 heteroatoms. The first-order valence-corrected chi connectivity index (χ1v) is 10.3. The molecule has 2 fully saturated rings. The van der Waals surface area contributed by atoms with E-state index < -0.39 is 11.8 Å². The number of piperazine rings is 1. The van der Waals surface area contributed by atoms with E-state index in [1.54, 1.807) is 16.7 Å². The number of amides is 3. The zero-order valence-corrected chi connectivity index (χ0v) is 16.5. The maximum Gasteiger partial charge on any atom is 0.312 e. The van der Waals surface area contributed by atoms with Crippen LogP contribution in [0.4, 0.5) is 0 Å². The zero-order chi connectivity index (χ0) is 19.7. The second-order valence-electron chi connectivity index (χ2n) is 6.98. The second-order valence-corrected chi connectivity index (χ2v) is 7.93.